The second-order valence-electron chi connectivity index (χ2n) is 3.90. The average Bonchev–Trinajstić information content (AvgIpc) is 2.15. The summed E-state index contributed by atoms with van der Waals surface area (Å²) in [5.41, 5.74) is -3.12. The van der Waals surface area contributed by atoms with Gasteiger partial charge in [-0.1, -0.05) is 50.4 Å². The topological polar surface area (TPSA) is 40.5 Å². The van der Waals surface area contributed by atoms with Gasteiger partial charge in [0.05, 0.1) is 0 Å². The van der Waals surface area contributed by atoms with Gasteiger partial charge < -0.3 is 9.79 Å². The van der Waals surface area contributed by atoms with Crippen LogP contribution in [0, 0.1) is 0 Å². The molecule has 0 saturated heterocycles. The zero-order chi connectivity index (χ0) is 12.4. The highest BCUT2D eigenvalue weighted by Gasteiger charge is 2.17. The fourth-order valence-electron chi connectivity index (χ4n) is 1.54. The molecule has 2 N–H and O–H groups in total. The van der Waals surface area contributed by atoms with Crippen molar-refractivity contribution in [1.29, 1.82) is 0 Å². The molecule has 2 nitrogen and oxygen atoms in total. The van der Waals surface area contributed by atoms with Crippen LogP contribution in [0.25, 0.3) is 0 Å². The number of halogens is 1. The Morgan fingerprint density at radius 3 is 2.31 bits per heavy atom. The van der Waals surface area contributed by atoms with Gasteiger partial charge in [0.2, 0.25) is 5.69 Å². The van der Waals surface area contributed by atoms with Crippen molar-refractivity contribution in [3.63, 3.8) is 0 Å². The number of rotatable bonds is 10. The van der Waals surface area contributed by atoms with Crippen LogP contribution in [0.4, 0.5) is 0 Å². The Bertz CT molecular complexity index is 211. The van der Waals surface area contributed by atoms with Gasteiger partial charge in [0.25, 0.3) is 0 Å². The summed E-state index contributed by atoms with van der Waals surface area (Å²) < 4.78 is 0. The van der Waals surface area contributed by atoms with E-state index in [-0.39, 0.29) is 5.25 Å². The minimum atomic E-state index is -3.12. The molecule has 0 aliphatic carbocycles. The fourth-order valence-corrected chi connectivity index (χ4v) is 5.71. The molecule has 0 aromatic rings. The summed E-state index contributed by atoms with van der Waals surface area (Å²) in [6.45, 7) is 2.19. The molecule has 0 aliphatic heterocycles. The molecule has 0 aliphatic rings. The Balaban J connectivity index is 3.72. The third kappa shape index (κ3) is 11.7. The molecule has 0 heterocycles. The summed E-state index contributed by atoms with van der Waals surface area (Å²) in [7, 11) is 0. The maximum Gasteiger partial charge on any atom is 0.242 e. The first-order valence-electron chi connectivity index (χ1n) is 5.79. The zero-order valence-corrected chi connectivity index (χ0v) is 13.1. The second kappa shape index (κ2) is 10.2. The largest absolute Gasteiger partial charge is 0.338 e. The van der Waals surface area contributed by atoms with Gasteiger partial charge in [0.15, 0.2) is 0 Å². The van der Waals surface area contributed by atoms with Crippen molar-refractivity contribution in [3.8, 4) is 0 Å². The Morgan fingerprint density at radius 2 is 1.81 bits per heavy atom. The van der Waals surface area contributed by atoms with Crippen LogP contribution in [-0.2, 0) is 11.8 Å². The Morgan fingerprint density at radius 1 is 1.19 bits per heavy atom. The summed E-state index contributed by atoms with van der Waals surface area (Å²) in [6, 6.07) is 0. The van der Waals surface area contributed by atoms with Gasteiger partial charge in [0.1, 0.15) is 0 Å². The highest BCUT2D eigenvalue weighted by molar-refractivity contribution is 8.67. The van der Waals surface area contributed by atoms with Gasteiger partial charge in [-0.3, -0.25) is 0 Å². The summed E-state index contributed by atoms with van der Waals surface area (Å²) in [5, 5.41) is 0.208. The molecule has 0 radical (unpaired) electrons. The highest BCUT2D eigenvalue weighted by Crippen LogP contribution is 2.54. The van der Waals surface area contributed by atoms with E-state index in [1.165, 1.54) is 25.7 Å². The standard InChI is InChI=1S/C10H22ClO2PS2/c1-2-3-4-5-6-7-10(8-9-11)16-14(12,13)15/h10H,2-9H2,1H3,(H2,12,13,15). The number of hydrogen-bond donors (Lipinski definition) is 2. The minimum Gasteiger partial charge on any atom is -0.338 e. The molecule has 1 unspecified atom stereocenters. The van der Waals surface area contributed by atoms with E-state index in [2.05, 4.69) is 18.7 Å². The molecule has 0 fully saturated rings. The molecule has 0 bridgehead atoms. The minimum absolute atomic E-state index is 0.208. The van der Waals surface area contributed by atoms with Crippen LogP contribution < -0.4 is 0 Å². The maximum atomic E-state index is 9.26. The lowest BCUT2D eigenvalue weighted by molar-refractivity contribution is 0.501. The van der Waals surface area contributed by atoms with E-state index in [1.54, 1.807) is 0 Å². The highest BCUT2D eigenvalue weighted by atomic mass is 35.5. The smallest absolute Gasteiger partial charge is 0.242 e. The van der Waals surface area contributed by atoms with Crippen LogP contribution in [0.1, 0.15) is 51.9 Å². The molecule has 1 atom stereocenters. The quantitative estimate of drug-likeness (QED) is 0.359. The van der Waals surface area contributed by atoms with Crippen molar-refractivity contribution < 1.29 is 9.79 Å². The first-order valence-corrected chi connectivity index (χ1v) is 10.5. The third-order valence-electron chi connectivity index (χ3n) is 2.35. The van der Waals surface area contributed by atoms with Crippen LogP contribution in [-0.4, -0.2) is 20.9 Å². The van der Waals surface area contributed by atoms with Gasteiger partial charge in [-0.25, -0.2) is 0 Å². The summed E-state index contributed by atoms with van der Waals surface area (Å²) >= 11 is 11.5. The van der Waals surface area contributed by atoms with Crippen molar-refractivity contribution in [1.82, 2.24) is 0 Å². The lowest BCUT2D eigenvalue weighted by atomic mass is 10.1. The molecule has 98 valence electrons. The van der Waals surface area contributed by atoms with E-state index < -0.39 is 5.69 Å². The number of hydrogen-bond acceptors (Lipinski definition) is 2. The Kier molecular flexibility index (Phi) is 10.9. The van der Waals surface area contributed by atoms with Crippen molar-refractivity contribution in [2.45, 2.75) is 57.1 Å². The molecule has 0 rings (SSSR count). The summed E-state index contributed by atoms with van der Waals surface area (Å²) in [4.78, 5) is 18.5. The monoisotopic (exact) mass is 304 g/mol. The van der Waals surface area contributed by atoms with E-state index in [4.69, 9.17) is 11.6 Å². The maximum absolute atomic E-state index is 9.26. The average molecular weight is 305 g/mol. The van der Waals surface area contributed by atoms with Crippen molar-refractivity contribution in [2.24, 2.45) is 0 Å². The molecule has 0 spiro atoms. The van der Waals surface area contributed by atoms with Gasteiger partial charge in [0, 0.05) is 11.1 Å². The first kappa shape index (κ1) is 17.2. The Labute approximate surface area is 113 Å². The zero-order valence-electron chi connectivity index (χ0n) is 9.77. The molecule has 0 saturated carbocycles. The normalized spacial score (nSPS) is 14.0. The third-order valence-corrected chi connectivity index (χ3v) is 6.10. The van der Waals surface area contributed by atoms with Crippen LogP contribution in [0.2, 0.25) is 0 Å². The van der Waals surface area contributed by atoms with E-state index in [0.29, 0.717) is 5.88 Å². The second-order valence-corrected chi connectivity index (χ2v) is 10.5. The van der Waals surface area contributed by atoms with Crippen molar-refractivity contribution >= 4 is 40.5 Å². The summed E-state index contributed by atoms with van der Waals surface area (Å²) in [6.07, 6.45) is 7.93. The van der Waals surface area contributed by atoms with Crippen molar-refractivity contribution in [3.05, 3.63) is 0 Å². The lowest BCUT2D eigenvalue weighted by Gasteiger charge is -2.17. The van der Waals surface area contributed by atoms with Gasteiger partial charge in [-0.05, 0) is 24.6 Å². The molecule has 0 aromatic heterocycles. The lowest BCUT2D eigenvalue weighted by Crippen LogP contribution is -2.03. The molecule has 0 amide bonds. The fraction of sp³-hybridized carbons (Fsp3) is 1.00. The number of unbranched alkanes of at least 4 members (excludes halogenated alkanes) is 4. The molecular weight excluding hydrogens is 283 g/mol. The first-order chi connectivity index (χ1) is 7.49. The Hall–Kier alpha value is 1.21. The summed E-state index contributed by atoms with van der Waals surface area (Å²) in [5.74, 6) is 0.558. The van der Waals surface area contributed by atoms with E-state index in [1.807, 2.05) is 0 Å². The van der Waals surface area contributed by atoms with E-state index in [0.717, 1.165) is 30.6 Å². The van der Waals surface area contributed by atoms with Gasteiger partial charge in [-0.15, -0.1) is 11.6 Å². The van der Waals surface area contributed by atoms with Crippen LogP contribution >= 0.6 is 28.7 Å². The number of alkyl halides is 1. The predicted molar refractivity (Wildman–Crippen MR) is 78.8 cm³/mol. The SMILES string of the molecule is CCCCCCCC(CCCl)SP(O)(O)=S. The van der Waals surface area contributed by atoms with Crippen molar-refractivity contribution in [2.75, 3.05) is 5.88 Å². The molecular formula is C10H22ClO2PS2. The van der Waals surface area contributed by atoms with E-state index in [9.17, 15) is 9.79 Å². The molecule has 0 aromatic carbocycles. The van der Waals surface area contributed by atoms with Gasteiger partial charge in [-0.2, -0.15) is 0 Å². The van der Waals surface area contributed by atoms with Crippen LogP contribution in [0.5, 0.6) is 0 Å². The van der Waals surface area contributed by atoms with Gasteiger partial charge >= 0.3 is 0 Å². The van der Waals surface area contributed by atoms with Crippen LogP contribution in [0.15, 0.2) is 0 Å². The van der Waals surface area contributed by atoms with E-state index >= 15 is 0 Å². The molecule has 16 heavy (non-hydrogen) atoms. The molecule has 6 heteroatoms. The predicted octanol–water partition coefficient (Wildman–Crippen LogP) is 4.29. The van der Waals surface area contributed by atoms with Crippen LogP contribution in [0.3, 0.4) is 0 Å².